The molecule has 0 bridgehead atoms. The summed E-state index contributed by atoms with van der Waals surface area (Å²) >= 11 is 7.75. The highest BCUT2D eigenvalue weighted by molar-refractivity contribution is 7.09. The van der Waals surface area contributed by atoms with Gasteiger partial charge in [-0.3, -0.25) is 4.90 Å². The number of hydrogen-bond donors (Lipinski definition) is 1. The zero-order valence-electron chi connectivity index (χ0n) is 12.9. The Morgan fingerprint density at radius 3 is 2.77 bits per heavy atom. The third-order valence-corrected chi connectivity index (χ3v) is 5.38. The molecule has 1 aromatic carbocycles. The summed E-state index contributed by atoms with van der Waals surface area (Å²) in [7, 11) is 0. The molecule has 0 radical (unpaired) electrons. The number of benzene rings is 1. The summed E-state index contributed by atoms with van der Waals surface area (Å²) in [5, 5.41) is 4.27. The van der Waals surface area contributed by atoms with Crippen molar-refractivity contribution in [2.75, 3.05) is 19.6 Å². The van der Waals surface area contributed by atoms with Crippen LogP contribution in [0.15, 0.2) is 29.8 Å². The lowest BCUT2D eigenvalue weighted by Crippen LogP contribution is -2.29. The minimum atomic E-state index is 0.750. The minimum absolute atomic E-state index is 0.750. The molecule has 22 heavy (non-hydrogen) atoms. The van der Waals surface area contributed by atoms with Gasteiger partial charge in [0.15, 0.2) is 0 Å². The molecule has 5 heteroatoms. The Hall–Kier alpha value is -0.940. The highest BCUT2D eigenvalue weighted by atomic mass is 35.5. The van der Waals surface area contributed by atoms with Crippen LogP contribution in [0.25, 0.3) is 0 Å². The van der Waals surface area contributed by atoms with E-state index in [2.05, 4.69) is 34.3 Å². The Labute approximate surface area is 141 Å². The zero-order chi connectivity index (χ0) is 15.4. The molecule has 1 fully saturated rings. The Kier molecular flexibility index (Phi) is 5.47. The van der Waals surface area contributed by atoms with E-state index in [9.17, 15) is 0 Å². The largest absolute Gasteiger partial charge is 0.316 e. The SMILES string of the molecule is Cc1ncsc1CN(Cc1ccc(Cl)cc1)C[C@@H]1CCNC1. The first kappa shape index (κ1) is 15.9. The van der Waals surface area contributed by atoms with Crippen LogP contribution in [0.2, 0.25) is 5.02 Å². The van der Waals surface area contributed by atoms with Crippen LogP contribution in [0.3, 0.4) is 0 Å². The van der Waals surface area contributed by atoms with E-state index in [0.29, 0.717) is 0 Å². The van der Waals surface area contributed by atoms with Crippen molar-refractivity contribution >= 4 is 22.9 Å². The molecule has 0 saturated carbocycles. The quantitative estimate of drug-likeness (QED) is 0.872. The van der Waals surface area contributed by atoms with E-state index >= 15 is 0 Å². The maximum Gasteiger partial charge on any atom is 0.0798 e. The molecule has 1 aliphatic rings. The van der Waals surface area contributed by atoms with Crippen LogP contribution in [0.5, 0.6) is 0 Å². The van der Waals surface area contributed by atoms with Gasteiger partial charge in [0.25, 0.3) is 0 Å². The number of thiazole rings is 1. The molecule has 3 rings (SSSR count). The number of halogens is 1. The van der Waals surface area contributed by atoms with Crippen molar-refractivity contribution in [1.29, 1.82) is 0 Å². The smallest absolute Gasteiger partial charge is 0.0798 e. The molecule has 2 heterocycles. The van der Waals surface area contributed by atoms with Crippen molar-refractivity contribution in [3.8, 4) is 0 Å². The molecule has 1 saturated heterocycles. The highest BCUT2D eigenvalue weighted by Gasteiger charge is 2.19. The number of aromatic nitrogens is 1. The Bertz CT molecular complexity index is 590. The summed E-state index contributed by atoms with van der Waals surface area (Å²) in [5.41, 5.74) is 4.43. The maximum absolute atomic E-state index is 5.99. The van der Waals surface area contributed by atoms with Crippen molar-refractivity contribution in [1.82, 2.24) is 15.2 Å². The van der Waals surface area contributed by atoms with Gasteiger partial charge in [0, 0.05) is 29.5 Å². The van der Waals surface area contributed by atoms with Crippen LogP contribution in [0, 0.1) is 12.8 Å². The number of nitrogens with one attached hydrogen (secondary N) is 1. The second-order valence-corrected chi connectivity index (χ2v) is 7.39. The van der Waals surface area contributed by atoms with Gasteiger partial charge in [-0.15, -0.1) is 11.3 Å². The van der Waals surface area contributed by atoms with Gasteiger partial charge in [-0.1, -0.05) is 23.7 Å². The second-order valence-electron chi connectivity index (χ2n) is 6.02. The number of hydrogen-bond acceptors (Lipinski definition) is 4. The van der Waals surface area contributed by atoms with Gasteiger partial charge in [0.2, 0.25) is 0 Å². The molecule has 2 aromatic rings. The molecular formula is C17H22ClN3S. The number of nitrogens with zero attached hydrogens (tertiary/aromatic N) is 2. The average Bonchev–Trinajstić information content (AvgIpc) is 3.14. The third-order valence-electron chi connectivity index (χ3n) is 4.21. The van der Waals surface area contributed by atoms with Crippen LogP contribution in [0.1, 0.15) is 22.6 Å². The molecule has 0 amide bonds. The van der Waals surface area contributed by atoms with E-state index in [-0.39, 0.29) is 0 Å². The molecule has 0 unspecified atom stereocenters. The summed E-state index contributed by atoms with van der Waals surface area (Å²) in [5.74, 6) is 0.750. The first-order valence-corrected chi connectivity index (χ1v) is 9.03. The van der Waals surface area contributed by atoms with E-state index in [1.165, 1.54) is 16.9 Å². The first-order chi connectivity index (χ1) is 10.7. The molecule has 3 nitrogen and oxygen atoms in total. The molecular weight excluding hydrogens is 314 g/mol. The first-order valence-electron chi connectivity index (χ1n) is 7.77. The van der Waals surface area contributed by atoms with Gasteiger partial charge in [0.05, 0.1) is 11.2 Å². The fraction of sp³-hybridized carbons (Fsp3) is 0.471. The Morgan fingerprint density at radius 1 is 1.32 bits per heavy atom. The van der Waals surface area contributed by atoms with Gasteiger partial charge in [-0.2, -0.15) is 0 Å². The molecule has 1 aliphatic heterocycles. The second kappa shape index (κ2) is 7.55. The van der Waals surface area contributed by atoms with Gasteiger partial charge < -0.3 is 5.32 Å². The van der Waals surface area contributed by atoms with Gasteiger partial charge in [-0.05, 0) is 50.0 Å². The lowest BCUT2D eigenvalue weighted by atomic mass is 10.1. The summed E-state index contributed by atoms with van der Waals surface area (Å²) in [6.07, 6.45) is 1.28. The van der Waals surface area contributed by atoms with E-state index in [1.807, 2.05) is 17.6 Å². The molecule has 1 N–H and O–H groups in total. The van der Waals surface area contributed by atoms with Crippen LogP contribution < -0.4 is 5.32 Å². The normalized spacial score (nSPS) is 18.2. The van der Waals surface area contributed by atoms with Crippen LogP contribution >= 0.6 is 22.9 Å². The van der Waals surface area contributed by atoms with Gasteiger partial charge in [0.1, 0.15) is 0 Å². The summed E-state index contributed by atoms with van der Waals surface area (Å²) < 4.78 is 0. The highest BCUT2D eigenvalue weighted by Crippen LogP contribution is 2.20. The predicted molar refractivity (Wildman–Crippen MR) is 93.4 cm³/mol. The van der Waals surface area contributed by atoms with E-state index in [1.54, 1.807) is 11.3 Å². The van der Waals surface area contributed by atoms with Crippen molar-refractivity contribution in [3.05, 3.63) is 50.9 Å². The van der Waals surface area contributed by atoms with Crippen molar-refractivity contribution < 1.29 is 0 Å². The molecule has 1 aromatic heterocycles. The Balaban J connectivity index is 1.69. The fourth-order valence-corrected chi connectivity index (χ4v) is 3.89. The monoisotopic (exact) mass is 335 g/mol. The van der Waals surface area contributed by atoms with Gasteiger partial charge in [-0.25, -0.2) is 4.98 Å². The fourth-order valence-electron chi connectivity index (χ4n) is 2.95. The molecule has 0 aliphatic carbocycles. The maximum atomic E-state index is 5.99. The van der Waals surface area contributed by atoms with Gasteiger partial charge >= 0.3 is 0 Å². The van der Waals surface area contributed by atoms with E-state index < -0.39 is 0 Å². The average molecular weight is 336 g/mol. The predicted octanol–water partition coefficient (Wildman–Crippen LogP) is 3.72. The molecule has 1 atom stereocenters. The van der Waals surface area contributed by atoms with E-state index in [4.69, 9.17) is 11.6 Å². The number of aryl methyl sites for hydroxylation is 1. The topological polar surface area (TPSA) is 28.2 Å². The van der Waals surface area contributed by atoms with Crippen LogP contribution in [0.4, 0.5) is 0 Å². The zero-order valence-corrected chi connectivity index (χ0v) is 14.5. The van der Waals surface area contributed by atoms with Crippen molar-refractivity contribution in [2.24, 2.45) is 5.92 Å². The lowest BCUT2D eigenvalue weighted by molar-refractivity contribution is 0.222. The van der Waals surface area contributed by atoms with Crippen LogP contribution in [-0.2, 0) is 13.1 Å². The lowest BCUT2D eigenvalue weighted by Gasteiger charge is -2.25. The summed E-state index contributed by atoms with van der Waals surface area (Å²) in [6.45, 7) is 7.47. The number of rotatable bonds is 6. The van der Waals surface area contributed by atoms with Crippen molar-refractivity contribution in [3.63, 3.8) is 0 Å². The molecule has 0 spiro atoms. The summed E-state index contributed by atoms with van der Waals surface area (Å²) in [4.78, 5) is 8.30. The van der Waals surface area contributed by atoms with E-state index in [0.717, 1.165) is 49.4 Å². The Morgan fingerprint density at radius 2 is 2.14 bits per heavy atom. The van der Waals surface area contributed by atoms with Crippen LogP contribution in [-0.4, -0.2) is 29.5 Å². The summed E-state index contributed by atoms with van der Waals surface area (Å²) in [6, 6.07) is 8.21. The minimum Gasteiger partial charge on any atom is -0.316 e. The van der Waals surface area contributed by atoms with Crippen molar-refractivity contribution in [2.45, 2.75) is 26.4 Å². The standard InChI is InChI=1S/C17H22ClN3S/c1-13-17(22-12-20-13)11-21(10-15-6-7-19-8-15)9-14-2-4-16(18)5-3-14/h2-5,12,15,19H,6-11H2,1H3/t15-/m1/s1. The molecule has 118 valence electrons. The third kappa shape index (κ3) is 4.29.